The van der Waals surface area contributed by atoms with Gasteiger partial charge in [0.15, 0.2) is 0 Å². The minimum absolute atomic E-state index is 0. The summed E-state index contributed by atoms with van der Waals surface area (Å²) in [6.07, 6.45) is -5.50. The summed E-state index contributed by atoms with van der Waals surface area (Å²) < 4.78 is 35.7. The quantitative estimate of drug-likeness (QED) is 0.682. The zero-order chi connectivity index (χ0) is 12.3. The van der Waals surface area contributed by atoms with Gasteiger partial charge in [0.2, 0.25) is 0 Å². The second-order valence-electron chi connectivity index (χ2n) is 3.19. The fourth-order valence-corrected chi connectivity index (χ4v) is 1.96. The number of nitro groups is 1. The van der Waals surface area contributed by atoms with Crippen molar-refractivity contribution < 1.29 is 18.1 Å². The number of hydrogen-bond donors (Lipinski definition) is 1. The third-order valence-corrected chi connectivity index (χ3v) is 3.07. The summed E-state index contributed by atoms with van der Waals surface area (Å²) in [5, 5.41) is 10.2. The van der Waals surface area contributed by atoms with E-state index in [2.05, 4.69) is 0 Å². The van der Waals surface area contributed by atoms with E-state index >= 15 is 0 Å². The molecule has 17 heavy (non-hydrogen) atoms. The zero-order valence-electron chi connectivity index (χ0n) is 8.44. The molecule has 0 saturated carbocycles. The van der Waals surface area contributed by atoms with Crippen LogP contribution in [0.15, 0.2) is 12.1 Å². The molecule has 0 amide bonds. The molecular weight excluding hydrogens is 281 g/mol. The average molecular weight is 291 g/mol. The molecule has 1 aromatic heterocycles. The molecule has 0 bridgehead atoms. The number of nitrogens with two attached hydrogens (primary N) is 1. The Hall–Kier alpha value is -0.860. The van der Waals surface area contributed by atoms with Crippen molar-refractivity contribution in [2.24, 2.45) is 5.73 Å². The Balaban J connectivity index is 0.00000256. The largest absolute Gasteiger partial charge is 0.389 e. The Bertz CT molecular complexity index is 383. The van der Waals surface area contributed by atoms with Gasteiger partial charge in [-0.15, -0.1) is 12.4 Å². The first-order chi connectivity index (χ1) is 7.29. The maximum atomic E-state index is 11.9. The summed E-state index contributed by atoms with van der Waals surface area (Å²) in [7, 11) is 0. The van der Waals surface area contributed by atoms with E-state index in [4.69, 9.17) is 5.73 Å². The molecule has 0 aliphatic heterocycles. The van der Waals surface area contributed by atoms with E-state index in [9.17, 15) is 23.3 Å². The molecule has 1 heterocycles. The van der Waals surface area contributed by atoms with Gasteiger partial charge in [0.25, 0.3) is 0 Å². The van der Waals surface area contributed by atoms with Crippen LogP contribution in [-0.2, 0) is 0 Å². The highest BCUT2D eigenvalue weighted by atomic mass is 35.5. The van der Waals surface area contributed by atoms with Crippen LogP contribution < -0.4 is 5.73 Å². The minimum Gasteiger partial charge on any atom is -0.323 e. The van der Waals surface area contributed by atoms with Crippen LogP contribution >= 0.6 is 23.7 Å². The Labute approximate surface area is 105 Å². The van der Waals surface area contributed by atoms with Crippen LogP contribution in [0, 0.1) is 10.1 Å². The number of thiophene rings is 1. The van der Waals surface area contributed by atoms with E-state index < -0.39 is 23.6 Å². The lowest BCUT2D eigenvalue weighted by molar-refractivity contribution is -0.380. The van der Waals surface area contributed by atoms with Gasteiger partial charge in [-0.2, -0.15) is 13.2 Å². The molecule has 1 aromatic rings. The van der Waals surface area contributed by atoms with Crippen LogP contribution in [0.1, 0.15) is 23.8 Å². The summed E-state index contributed by atoms with van der Waals surface area (Å²) in [6.45, 7) is 0. The molecule has 0 radical (unpaired) electrons. The molecule has 0 fully saturated rings. The SMILES string of the molecule is Cl.N[C@@H](CCC(F)(F)F)c1ccc([N+](=O)[O-])s1. The highest BCUT2D eigenvalue weighted by Gasteiger charge is 2.28. The standard InChI is InChI=1S/C8H9F3N2O2S.ClH/c9-8(10,11)4-3-5(12)6-1-2-7(16-6)13(14)15;/h1-2,5H,3-4,12H2;1H/t5-;/m0./s1. The van der Waals surface area contributed by atoms with Crippen molar-refractivity contribution in [1.29, 1.82) is 0 Å². The Morgan fingerprint density at radius 3 is 2.47 bits per heavy atom. The van der Waals surface area contributed by atoms with Crippen LogP contribution in [0.3, 0.4) is 0 Å². The summed E-state index contributed by atoms with van der Waals surface area (Å²) >= 11 is 0.808. The number of nitrogens with zero attached hydrogens (tertiary/aromatic N) is 1. The van der Waals surface area contributed by atoms with Gasteiger partial charge in [-0.3, -0.25) is 10.1 Å². The predicted molar refractivity (Wildman–Crippen MR) is 60.4 cm³/mol. The third kappa shape index (κ3) is 5.33. The van der Waals surface area contributed by atoms with Crippen molar-refractivity contribution in [3.63, 3.8) is 0 Å². The first-order valence-electron chi connectivity index (χ1n) is 4.36. The topological polar surface area (TPSA) is 69.2 Å². The zero-order valence-corrected chi connectivity index (χ0v) is 10.1. The van der Waals surface area contributed by atoms with Crippen molar-refractivity contribution in [2.45, 2.75) is 25.1 Å². The molecule has 0 aliphatic rings. The third-order valence-electron chi connectivity index (χ3n) is 1.90. The summed E-state index contributed by atoms with van der Waals surface area (Å²) in [5.41, 5.74) is 5.50. The molecule has 0 aromatic carbocycles. The van der Waals surface area contributed by atoms with E-state index in [1.807, 2.05) is 0 Å². The van der Waals surface area contributed by atoms with E-state index in [-0.39, 0.29) is 23.8 Å². The van der Waals surface area contributed by atoms with Gasteiger partial charge in [-0.05, 0) is 12.5 Å². The van der Waals surface area contributed by atoms with Gasteiger partial charge in [0.1, 0.15) is 0 Å². The molecule has 2 N–H and O–H groups in total. The van der Waals surface area contributed by atoms with Crippen LogP contribution in [0.5, 0.6) is 0 Å². The first-order valence-corrected chi connectivity index (χ1v) is 5.17. The fourth-order valence-electron chi connectivity index (χ4n) is 1.10. The van der Waals surface area contributed by atoms with Crippen LogP contribution in [0.25, 0.3) is 0 Å². The van der Waals surface area contributed by atoms with E-state index in [1.54, 1.807) is 0 Å². The summed E-state index contributed by atoms with van der Waals surface area (Å²) in [5.74, 6) is 0. The smallest absolute Gasteiger partial charge is 0.323 e. The van der Waals surface area contributed by atoms with Gasteiger partial charge in [0, 0.05) is 23.4 Å². The van der Waals surface area contributed by atoms with Crippen molar-refractivity contribution in [3.8, 4) is 0 Å². The molecule has 0 spiro atoms. The second kappa shape index (κ2) is 6.18. The molecular formula is C8H10ClF3N2O2S. The van der Waals surface area contributed by atoms with Gasteiger partial charge in [0.05, 0.1) is 4.92 Å². The lowest BCUT2D eigenvalue weighted by Gasteiger charge is -2.10. The minimum atomic E-state index is -4.25. The number of halogens is 4. The number of hydrogen-bond acceptors (Lipinski definition) is 4. The maximum absolute atomic E-state index is 11.9. The van der Waals surface area contributed by atoms with Gasteiger partial charge < -0.3 is 5.73 Å². The van der Waals surface area contributed by atoms with Gasteiger partial charge >= 0.3 is 11.2 Å². The first kappa shape index (κ1) is 16.1. The molecule has 9 heteroatoms. The molecule has 1 rings (SSSR count). The second-order valence-corrected chi connectivity index (χ2v) is 4.29. The highest BCUT2D eigenvalue weighted by Crippen LogP contribution is 2.32. The van der Waals surface area contributed by atoms with Gasteiger partial charge in [-0.25, -0.2) is 0 Å². The van der Waals surface area contributed by atoms with Crippen LogP contribution in [0.2, 0.25) is 0 Å². The summed E-state index contributed by atoms with van der Waals surface area (Å²) in [4.78, 5) is 10.2. The molecule has 4 nitrogen and oxygen atoms in total. The Kier molecular flexibility index (Phi) is 5.86. The van der Waals surface area contributed by atoms with Crippen molar-refractivity contribution in [2.75, 3.05) is 0 Å². The van der Waals surface area contributed by atoms with Crippen LogP contribution in [-0.4, -0.2) is 11.1 Å². The average Bonchev–Trinajstić information content (AvgIpc) is 2.61. The van der Waals surface area contributed by atoms with Crippen molar-refractivity contribution in [1.82, 2.24) is 0 Å². The monoisotopic (exact) mass is 290 g/mol. The van der Waals surface area contributed by atoms with E-state index in [0.717, 1.165) is 11.3 Å². The normalized spacial score (nSPS) is 12.9. The molecule has 0 aliphatic carbocycles. The number of alkyl halides is 3. The van der Waals surface area contributed by atoms with Crippen molar-refractivity contribution >= 4 is 28.7 Å². The maximum Gasteiger partial charge on any atom is 0.389 e. The lowest BCUT2D eigenvalue weighted by Crippen LogP contribution is -2.14. The molecule has 0 saturated heterocycles. The van der Waals surface area contributed by atoms with Crippen molar-refractivity contribution in [3.05, 3.63) is 27.1 Å². The highest BCUT2D eigenvalue weighted by molar-refractivity contribution is 7.15. The Morgan fingerprint density at radius 1 is 1.47 bits per heavy atom. The van der Waals surface area contributed by atoms with Gasteiger partial charge in [-0.1, -0.05) is 11.3 Å². The molecule has 98 valence electrons. The lowest BCUT2D eigenvalue weighted by atomic mass is 10.1. The van der Waals surface area contributed by atoms with Crippen LogP contribution in [0.4, 0.5) is 18.2 Å². The Morgan fingerprint density at radius 2 is 2.06 bits per heavy atom. The van der Waals surface area contributed by atoms with E-state index in [1.165, 1.54) is 12.1 Å². The predicted octanol–water partition coefficient (Wildman–Crippen LogP) is 3.42. The fraction of sp³-hybridized carbons (Fsp3) is 0.500. The summed E-state index contributed by atoms with van der Waals surface area (Å²) in [6, 6.07) is 1.83. The number of rotatable bonds is 4. The van der Waals surface area contributed by atoms with E-state index in [0.29, 0.717) is 4.88 Å². The molecule has 1 atom stereocenters. The molecule has 0 unspecified atom stereocenters.